The molecule has 1 heterocycles. The predicted octanol–water partition coefficient (Wildman–Crippen LogP) is 3.21. The number of guanidine groups is 1. The third-order valence-corrected chi connectivity index (χ3v) is 3.55. The lowest BCUT2D eigenvalue weighted by atomic mass is 10.1. The topological polar surface area (TPSA) is 71.7 Å². The van der Waals surface area contributed by atoms with Crippen LogP contribution < -0.4 is 10.6 Å². The number of rotatable bonds is 11. The minimum Gasteiger partial charge on any atom is -0.381 e. The van der Waals surface area contributed by atoms with Gasteiger partial charge in [0.05, 0.1) is 5.69 Å². The maximum absolute atomic E-state index is 5.54. The Kier molecular flexibility index (Phi) is 14.0. The maximum atomic E-state index is 5.54. The Morgan fingerprint density at radius 1 is 1.17 bits per heavy atom. The lowest BCUT2D eigenvalue weighted by Gasteiger charge is -2.11. The fourth-order valence-electron chi connectivity index (χ4n) is 2.21. The summed E-state index contributed by atoms with van der Waals surface area (Å²) in [6.07, 6.45) is 4.14. The first-order valence-electron chi connectivity index (χ1n) is 8.70. The zero-order chi connectivity index (χ0) is 16.9. The SMILES string of the molecule is CCCCOCCCN=C(NCC)NCCc1c(C)noc1C.I. The summed E-state index contributed by atoms with van der Waals surface area (Å²) >= 11 is 0. The number of unbranched alkanes of at least 4 members (excludes halogenated alkanes) is 1. The van der Waals surface area contributed by atoms with E-state index in [4.69, 9.17) is 9.26 Å². The molecule has 1 rings (SSSR count). The number of hydrogen-bond donors (Lipinski definition) is 2. The molecule has 0 spiro atoms. The highest BCUT2D eigenvalue weighted by Gasteiger charge is 2.08. The molecule has 1 aromatic heterocycles. The van der Waals surface area contributed by atoms with Crippen molar-refractivity contribution in [1.29, 1.82) is 0 Å². The van der Waals surface area contributed by atoms with Gasteiger partial charge in [-0.15, -0.1) is 24.0 Å². The molecule has 0 aliphatic rings. The number of aryl methyl sites for hydroxylation is 2. The molecule has 0 unspecified atom stereocenters. The summed E-state index contributed by atoms with van der Waals surface area (Å²) in [7, 11) is 0. The van der Waals surface area contributed by atoms with Crippen molar-refractivity contribution >= 4 is 29.9 Å². The molecule has 0 bridgehead atoms. The van der Waals surface area contributed by atoms with Gasteiger partial charge >= 0.3 is 0 Å². The molecule has 0 amide bonds. The standard InChI is InChI=1S/C17H32N4O2.HI/c1-5-7-12-22-13-8-10-19-17(18-6-2)20-11-9-16-14(3)21-23-15(16)4;/h5-13H2,1-4H3,(H2,18,19,20);1H. The number of aromatic nitrogens is 1. The van der Waals surface area contributed by atoms with Crippen molar-refractivity contribution in [3.63, 3.8) is 0 Å². The van der Waals surface area contributed by atoms with Crippen molar-refractivity contribution < 1.29 is 9.26 Å². The van der Waals surface area contributed by atoms with Crippen LogP contribution in [0.2, 0.25) is 0 Å². The normalized spacial score (nSPS) is 11.2. The van der Waals surface area contributed by atoms with Crippen LogP contribution in [-0.2, 0) is 11.2 Å². The summed E-state index contributed by atoms with van der Waals surface area (Å²) in [4.78, 5) is 4.57. The van der Waals surface area contributed by atoms with Crippen LogP contribution in [0.1, 0.15) is 50.1 Å². The zero-order valence-electron chi connectivity index (χ0n) is 15.5. The molecule has 2 N–H and O–H groups in total. The van der Waals surface area contributed by atoms with Gasteiger partial charge in [-0.05, 0) is 40.0 Å². The fraction of sp³-hybridized carbons (Fsp3) is 0.765. The second kappa shape index (κ2) is 14.5. The summed E-state index contributed by atoms with van der Waals surface area (Å²) in [5.41, 5.74) is 2.15. The minimum atomic E-state index is 0. The van der Waals surface area contributed by atoms with Crippen LogP contribution in [0.25, 0.3) is 0 Å². The van der Waals surface area contributed by atoms with Crippen LogP contribution in [0.4, 0.5) is 0 Å². The molecule has 0 aromatic carbocycles. The summed E-state index contributed by atoms with van der Waals surface area (Å²) in [6, 6.07) is 0. The maximum Gasteiger partial charge on any atom is 0.191 e. The molecule has 0 aliphatic carbocycles. The molecule has 24 heavy (non-hydrogen) atoms. The third kappa shape index (κ3) is 9.46. The van der Waals surface area contributed by atoms with Gasteiger partial charge in [-0.2, -0.15) is 0 Å². The van der Waals surface area contributed by atoms with E-state index >= 15 is 0 Å². The Hall–Kier alpha value is -0.830. The molecule has 7 heteroatoms. The van der Waals surface area contributed by atoms with Crippen molar-refractivity contribution in [1.82, 2.24) is 15.8 Å². The van der Waals surface area contributed by atoms with Crippen molar-refractivity contribution in [2.24, 2.45) is 4.99 Å². The van der Waals surface area contributed by atoms with Crippen LogP contribution in [0.15, 0.2) is 9.52 Å². The largest absolute Gasteiger partial charge is 0.381 e. The average Bonchev–Trinajstić information content (AvgIpc) is 2.85. The van der Waals surface area contributed by atoms with Crippen LogP contribution in [0, 0.1) is 13.8 Å². The van der Waals surface area contributed by atoms with E-state index in [2.05, 4.69) is 34.6 Å². The predicted molar refractivity (Wildman–Crippen MR) is 109 cm³/mol. The van der Waals surface area contributed by atoms with E-state index in [0.29, 0.717) is 0 Å². The van der Waals surface area contributed by atoms with Crippen molar-refractivity contribution in [2.75, 3.05) is 32.8 Å². The first kappa shape index (κ1) is 23.2. The zero-order valence-corrected chi connectivity index (χ0v) is 17.8. The van der Waals surface area contributed by atoms with Crippen LogP contribution in [0.5, 0.6) is 0 Å². The van der Waals surface area contributed by atoms with Gasteiger partial charge in [0.15, 0.2) is 5.96 Å². The fourth-order valence-corrected chi connectivity index (χ4v) is 2.21. The minimum absolute atomic E-state index is 0. The smallest absolute Gasteiger partial charge is 0.191 e. The van der Waals surface area contributed by atoms with E-state index in [1.165, 1.54) is 12.0 Å². The van der Waals surface area contributed by atoms with Gasteiger partial charge in [-0.1, -0.05) is 18.5 Å². The third-order valence-electron chi connectivity index (χ3n) is 3.55. The molecular formula is C17H33IN4O2. The molecule has 0 fully saturated rings. The molecule has 0 saturated heterocycles. The molecule has 6 nitrogen and oxygen atoms in total. The van der Waals surface area contributed by atoms with E-state index in [1.807, 2.05) is 13.8 Å². The van der Waals surface area contributed by atoms with E-state index in [9.17, 15) is 0 Å². The molecular weight excluding hydrogens is 419 g/mol. The number of aliphatic imine (C=N–C) groups is 1. The molecule has 0 radical (unpaired) electrons. The molecule has 1 aromatic rings. The van der Waals surface area contributed by atoms with Crippen LogP contribution in [-0.4, -0.2) is 44.0 Å². The average molecular weight is 452 g/mol. The monoisotopic (exact) mass is 452 g/mol. The van der Waals surface area contributed by atoms with Gasteiger partial charge in [0.25, 0.3) is 0 Å². The van der Waals surface area contributed by atoms with Gasteiger partial charge in [-0.3, -0.25) is 4.99 Å². The van der Waals surface area contributed by atoms with Crippen LogP contribution >= 0.6 is 24.0 Å². The Morgan fingerprint density at radius 2 is 1.92 bits per heavy atom. The van der Waals surface area contributed by atoms with Gasteiger partial charge in [0.1, 0.15) is 5.76 Å². The van der Waals surface area contributed by atoms with Crippen molar-refractivity contribution in [3.8, 4) is 0 Å². The highest BCUT2D eigenvalue weighted by atomic mass is 127. The van der Waals surface area contributed by atoms with Gasteiger partial charge in [-0.25, -0.2) is 0 Å². The van der Waals surface area contributed by atoms with Crippen LogP contribution in [0.3, 0.4) is 0 Å². The summed E-state index contributed by atoms with van der Waals surface area (Å²) in [5.74, 6) is 1.75. The van der Waals surface area contributed by atoms with Gasteiger partial charge in [0, 0.05) is 38.4 Å². The van der Waals surface area contributed by atoms with Crippen molar-refractivity contribution in [2.45, 2.75) is 53.4 Å². The van der Waals surface area contributed by atoms with E-state index in [1.54, 1.807) is 0 Å². The number of nitrogens with one attached hydrogen (secondary N) is 2. The quantitative estimate of drug-likeness (QED) is 0.234. The van der Waals surface area contributed by atoms with E-state index in [0.717, 1.165) is 69.5 Å². The second-order valence-corrected chi connectivity index (χ2v) is 5.56. The Morgan fingerprint density at radius 3 is 2.54 bits per heavy atom. The van der Waals surface area contributed by atoms with Crippen molar-refractivity contribution in [3.05, 3.63) is 17.0 Å². The number of halogens is 1. The van der Waals surface area contributed by atoms with E-state index < -0.39 is 0 Å². The van der Waals surface area contributed by atoms with E-state index in [-0.39, 0.29) is 24.0 Å². The van der Waals surface area contributed by atoms with Gasteiger partial charge in [0.2, 0.25) is 0 Å². The summed E-state index contributed by atoms with van der Waals surface area (Å²) < 4.78 is 10.7. The number of ether oxygens (including phenoxy) is 1. The highest BCUT2D eigenvalue weighted by Crippen LogP contribution is 2.11. The first-order valence-corrected chi connectivity index (χ1v) is 8.70. The molecule has 0 atom stereocenters. The summed E-state index contributed by atoms with van der Waals surface area (Å²) in [5, 5.41) is 10.6. The van der Waals surface area contributed by atoms with Gasteiger partial charge < -0.3 is 19.9 Å². The Bertz CT molecular complexity index is 444. The number of hydrogen-bond acceptors (Lipinski definition) is 4. The first-order chi connectivity index (χ1) is 11.2. The number of nitrogens with zero attached hydrogens (tertiary/aromatic N) is 2. The molecule has 140 valence electrons. The lowest BCUT2D eigenvalue weighted by Crippen LogP contribution is -2.38. The highest BCUT2D eigenvalue weighted by molar-refractivity contribution is 14.0. The lowest BCUT2D eigenvalue weighted by molar-refractivity contribution is 0.130. The Labute approximate surface area is 163 Å². The molecule has 0 aliphatic heterocycles. The second-order valence-electron chi connectivity index (χ2n) is 5.56. The molecule has 0 saturated carbocycles. The Balaban J connectivity index is 0.00000529. The summed E-state index contributed by atoms with van der Waals surface area (Å²) in [6.45, 7) is 12.2.